The first kappa shape index (κ1) is 17.5. The fourth-order valence-corrected chi connectivity index (χ4v) is 3.42. The Labute approximate surface area is 138 Å². The van der Waals surface area contributed by atoms with E-state index in [1.807, 2.05) is 42.5 Å². The van der Waals surface area contributed by atoms with Crippen LogP contribution < -0.4 is 9.46 Å². The van der Waals surface area contributed by atoms with Gasteiger partial charge in [-0.25, -0.2) is 13.1 Å². The summed E-state index contributed by atoms with van der Waals surface area (Å²) in [6, 6.07) is 17.6. The molecule has 0 heterocycles. The lowest BCUT2D eigenvalue weighted by atomic mass is 10.1. The predicted octanol–water partition coefficient (Wildman–Crippen LogP) is 2.79. The van der Waals surface area contributed by atoms with Gasteiger partial charge in [-0.1, -0.05) is 42.5 Å². The summed E-state index contributed by atoms with van der Waals surface area (Å²) in [7, 11) is -1.64. The number of rotatable bonds is 9. The van der Waals surface area contributed by atoms with Crippen LogP contribution in [-0.4, -0.2) is 27.8 Å². The normalized spacial score (nSPS) is 11.3. The summed E-state index contributed by atoms with van der Waals surface area (Å²) in [5, 5.41) is 0. The average molecular weight is 333 g/mol. The number of hydrogen-bond donors (Lipinski definition) is 1. The number of aryl methyl sites for hydroxylation is 2. The Hall–Kier alpha value is -1.85. The molecule has 2 aromatic carbocycles. The first-order valence-electron chi connectivity index (χ1n) is 7.73. The van der Waals surface area contributed by atoms with Crippen molar-refractivity contribution in [2.45, 2.75) is 19.3 Å². The Morgan fingerprint density at radius 3 is 2.43 bits per heavy atom. The van der Waals surface area contributed by atoms with E-state index in [0.717, 1.165) is 24.2 Å². The smallest absolute Gasteiger partial charge is 0.211 e. The third-order valence-corrected chi connectivity index (χ3v) is 4.99. The molecule has 0 aliphatic heterocycles. The highest BCUT2D eigenvalue weighted by Gasteiger charge is 2.10. The molecular weight excluding hydrogens is 310 g/mol. The average Bonchev–Trinajstić information content (AvgIpc) is 2.58. The van der Waals surface area contributed by atoms with Crippen molar-refractivity contribution in [3.05, 3.63) is 65.7 Å². The molecule has 1 N–H and O–H groups in total. The van der Waals surface area contributed by atoms with E-state index in [4.69, 9.17) is 4.74 Å². The molecule has 0 unspecified atom stereocenters. The second kappa shape index (κ2) is 8.70. The number of sulfonamides is 1. The first-order chi connectivity index (χ1) is 11.1. The molecule has 5 heteroatoms. The molecule has 0 fully saturated rings. The van der Waals surface area contributed by atoms with Gasteiger partial charge in [0.25, 0.3) is 0 Å². The third-order valence-electron chi connectivity index (χ3n) is 3.60. The van der Waals surface area contributed by atoms with Crippen LogP contribution in [-0.2, 0) is 22.9 Å². The summed E-state index contributed by atoms with van der Waals surface area (Å²) in [4.78, 5) is 0. The fourth-order valence-electron chi connectivity index (χ4n) is 2.32. The summed E-state index contributed by atoms with van der Waals surface area (Å²) in [5.41, 5.74) is 2.18. The van der Waals surface area contributed by atoms with Crippen molar-refractivity contribution in [1.29, 1.82) is 0 Å². The Kier molecular flexibility index (Phi) is 6.62. The van der Waals surface area contributed by atoms with Crippen molar-refractivity contribution in [1.82, 2.24) is 4.72 Å². The van der Waals surface area contributed by atoms with Gasteiger partial charge in [0.1, 0.15) is 5.75 Å². The van der Waals surface area contributed by atoms with Crippen molar-refractivity contribution < 1.29 is 13.2 Å². The topological polar surface area (TPSA) is 55.4 Å². The molecule has 2 aromatic rings. The van der Waals surface area contributed by atoms with E-state index in [1.54, 1.807) is 7.11 Å². The Bertz CT molecular complexity index is 699. The van der Waals surface area contributed by atoms with Gasteiger partial charge in [0.15, 0.2) is 0 Å². The van der Waals surface area contributed by atoms with Crippen molar-refractivity contribution in [2.24, 2.45) is 0 Å². The number of ether oxygens (including phenoxy) is 1. The lowest BCUT2D eigenvalue weighted by molar-refractivity contribution is 0.414. The monoisotopic (exact) mass is 333 g/mol. The molecule has 0 aromatic heterocycles. The molecule has 0 bridgehead atoms. The van der Waals surface area contributed by atoms with Crippen molar-refractivity contribution in [2.75, 3.05) is 19.4 Å². The number of methoxy groups -OCH3 is 1. The minimum Gasteiger partial charge on any atom is -0.497 e. The molecule has 0 aliphatic rings. The summed E-state index contributed by atoms with van der Waals surface area (Å²) in [6.07, 6.45) is 2.15. The quantitative estimate of drug-likeness (QED) is 0.718. The Balaban J connectivity index is 1.73. The van der Waals surface area contributed by atoms with E-state index in [1.165, 1.54) is 5.56 Å². The molecule has 0 radical (unpaired) electrons. The highest BCUT2D eigenvalue weighted by Crippen LogP contribution is 2.13. The molecule has 2 rings (SSSR count). The van der Waals surface area contributed by atoms with Gasteiger partial charge >= 0.3 is 0 Å². The molecule has 0 saturated carbocycles. The summed E-state index contributed by atoms with van der Waals surface area (Å²) >= 11 is 0. The van der Waals surface area contributed by atoms with E-state index in [0.29, 0.717) is 13.0 Å². The number of benzene rings is 2. The molecular formula is C18H23NO3S. The SMILES string of the molecule is COc1cccc(CCS(=O)(=O)NCCCc2ccccc2)c1. The van der Waals surface area contributed by atoms with E-state index >= 15 is 0 Å². The standard InChI is InChI=1S/C18H23NO3S/c1-22-18-11-5-9-17(15-18)12-14-23(20,21)19-13-6-10-16-7-3-2-4-8-16/h2-5,7-9,11,15,19H,6,10,12-14H2,1H3. The van der Waals surface area contributed by atoms with Crippen LogP contribution in [0.5, 0.6) is 5.75 Å². The molecule has 0 aliphatic carbocycles. The predicted molar refractivity (Wildman–Crippen MR) is 93.3 cm³/mol. The largest absolute Gasteiger partial charge is 0.497 e. The van der Waals surface area contributed by atoms with Gasteiger partial charge in [-0.2, -0.15) is 0 Å². The highest BCUT2D eigenvalue weighted by atomic mass is 32.2. The Morgan fingerprint density at radius 2 is 1.70 bits per heavy atom. The lowest BCUT2D eigenvalue weighted by Crippen LogP contribution is -2.28. The van der Waals surface area contributed by atoms with Gasteiger partial charge in [0, 0.05) is 6.54 Å². The van der Waals surface area contributed by atoms with Crippen LogP contribution in [0.25, 0.3) is 0 Å². The Morgan fingerprint density at radius 1 is 0.957 bits per heavy atom. The minimum absolute atomic E-state index is 0.0888. The van der Waals surface area contributed by atoms with E-state index in [-0.39, 0.29) is 5.75 Å². The van der Waals surface area contributed by atoms with Crippen molar-refractivity contribution >= 4 is 10.0 Å². The molecule has 23 heavy (non-hydrogen) atoms. The van der Waals surface area contributed by atoms with Crippen LogP contribution in [0.3, 0.4) is 0 Å². The molecule has 0 amide bonds. The van der Waals surface area contributed by atoms with Crippen LogP contribution in [0.2, 0.25) is 0 Å². The molecule has 0 atom stereocenters. The summed E-state index contributed by atoms with van der Waals surface area (Å²) in [5.74, 6) is 0.835. The molecule has 124 valence electrons. The number of hydrogen-bond acceptors (Lipinski definition) is 3. The maximum Gasteiger partial charge on any atom is 0.211 e. The zero-order chi connectivity index (χ0) is 16.5. The van der Waals surface area contributed by atoms with E-state index in [9.17, 15) is 8.42 Å². The van der Waals surface area contributed by atoms with Gasteiger partial charge < -0.3 is 4.74 Å². The lowest BCUT2D eigenvalue weighted by Gasteiger charge is -2.08. The van der Waals surface area contributed by atoms with Gasteiger partial charge in [-0.15, -0.1) is 0 Å². The first-order valence-corrected chi connectivity index (χ1v) is 9.38. The van der Waals surface area contributed by atoms with E-state index < -0.39 is 10.0 Å². The third kappa shape index (κ3) is 6.42. The zero-order valence-electron chi connectivity index (χ0n) is 13.4. The van der Waals surface area contributed by atoms with E-state index in [2.05, 4.69) is 16.9 Å². The van der Waals surface area contributed by atoms with Gasteiger partial charge in [-0.3, -0.25) is 0 Å². The minimum atomic E-state index is -3.24. The highest BCUT2D eigenvalue weighted by molar-refractivity contribution is 7.89. The second-order valence-corrected chi connectivity index (χ2v) is 7.33. The van der Waals surface area contributed by atoms with Gasteiger partial charge in [-0.05, 0) is 42.5 Å². The number of nitrogens with one attached hydrogen (secondary N) is 1. The second-order valence-electron chi connectivity index (χ2n) is 5.40. The van der Waals surface area contributed by atoms with Gasteiger partial charge in [0.05, 0.1) is 12.9 Å². The van der Waals surface area contributed by atoms with Crippen molar-refractivity contribution in [3.63, 3.8) is 0 Å². The van der Waals surface area contributed by atoms with Gasteiger partial charge in [0.2, 0.25) is 10.0 Å². The van der Waals surface area contributed by atoms with Crippen LogP contribution in [0.15, 0.2) is 54.6 Å². The zero-order valence-corrected chi connectivity index (χ0v) is 14.2. The van der Waals surface area contributed by atoms with Crippen LogP contribution in [0.1, 0.15) is 17.5 Å². The molecule has 0 saturated heterocycles. The van der Waals surface area contributed by atoms with Crippen LogP contribution in [0.4, 0.5) is 0 Å². The molecule has 4 nitrogen and oxygen atoms in total. The summed E-state index contributed by atoms with van der Waals surface area (Å²) < 4.78 is 31.9. The molecule has 0 spiro atoms. The maximum atomic E-state index is 12.0. The van der Waals surface area contributed by atoms with Crippen LogP contribution >= 0.6 is 0 Å². The maximum absolute atomic E-state index is 12.0. The summed E-state index contributed by atoms with van der Waals surface area (Å²) in [6.45, 7) is 0.468. The van der Waals surface area contributed by atoms with Crippen LogP contribution in [0, 0.1) is 0 Å². The fraction of sp³-hybridized carbons (Fsp3) is 0.333. The van der Waals surface area contributed by atoms with Crippen molar-refractivity contribution in [3.8, 4) is 5.75 Å².